The van der Waals surface area contributed by atoms with Crippen LogP contribution in [-0.4, -0.2) is 20.9 Å². The van der Waals surface area contributed by atoms with Crippen LogP contribution in [-0.2, 0) is 4.79 Å². The first-order valence-electron chi connectivity index (χ1n) is 11.2. The lowest BCUT2D eigenvalue weighted by molar-refractivity contribution is -0.384. The minimum atomic E-state index is -0.779. The van der Waals surface area contributed by atoms with E-state index in [0.717, 1.165) is 11.3 Å². The number of carbonyl (C=O) groups is 1. The van der Waals surface area contributed by atoms with Crippen LogP contribution in [0, 0.1) is 27.4 Å². The van der Waals surface area contributed by atoms with Crippen LogP contribution in [0.4, 0.5) is 11.5 Å². The fraction of sp³-hybridized carbons (Fsp3) is 0.192. The van der Waals surface area contributed by atoms with Crippen LogP contribution in [0.3, 0.4) is 0 Å². The van der Waals surface area contributed by atoms with Crippen molar-refractivity contribution in [2.75, 3.05) is 4.90 Å². The molecule has 5 rings (SSSR count). The number of nitro groups is 1. The van der Waals surface area contributed by atoms with Gasteiger partial charge >= 0.3 is 0 Å². The van der Waals surface area contributed by atoms with Crippen LogP contribution in [0.2, 0.25) is 0 Å². The number of nitrogens with one attached hydrogen (secondary N) is 1. The summed E-state index contributed by atoms with van der Waals surface area (Å²) in [5, 5.41) is 29.0. The fourth-order valence-corrected chi connectivity index (χ4v) is 4.92. The number of aromatic nitrogens is 2. The van der Waals surface area contributed by atoms with E-state index < -0.39 is 10.8 Å². The molecule has 0 amide bonds. The molecule has 0 radical (unpaired) electrons. The molecule has 1 aliphatic heterocycles. The Morgan fingerprint density at radius 3 is 2.66 bits per heavy atom. The highest BCUT2D eigenvalue weighted by atomic mass is 16.6. The van der Waals surface area contributed by atoms with E-state index in [1.165, 1.54) is 12.1 Å². The van der Waals surface area contributed by atoms with Crippen LogP contribution >= 0.6 is 0 Å². The van der Waals surface area contributed by atoms with Gasteiger partial charge in [0.25, 0.3) is 5.69 Å². The minimum Gasteiger partial charge on any atom is -0.384 e. The molecule has 0 fully saturated rings. The Kier molecular flexibility index (Phi) is 5.41. The number of hydrogen-bond acceptors (Lipinski definition) is 7. The van der Waals surface area contributed by atoms with Gasteiger partial charge in [0, 0.05) is 35.9 Å². The Morgan fingerprint density at radius 1 is 1.17 bits per heavy atom. The Hall–Kier alpha value is -4.71. The van der Waals surface area contributed by atoms with Gasteiger partial charge in [-0.25, -0.2) is 0 Å². The van der Waals surface area contributed by atoms with Gasteiger partial charge in [0.15, 0.2) is 11.6 Å². The van der Waals surface area contributed by atoms with Crippen LogP contribution in [0.5, 0.6) is 0 Å². The largest absolute Gasteiger partial charge is 0.384 e. The Labute approximate surface area is 201 Å². The number of nitro benzene ring substituents is 1. The lowest BCUT2D eigenvalue weighted by Gasteiger charge is -2.39. The average Bonchev–Trinajstić information content (AvgIpc) is 3.33. The number of allylic oxidation sites excluding steroid dienone is 3. The Morgan fingerprint density at radius 2 is 1.94 bits per heavy atom. The number of rotatable bonds is 4. The quantitative estimate of drug-likeness (QED) is 0.425. The number of Topliss-reactive ketones (excluding diaryl/α,β-unsaturated/α-hetero) is 1. The molecule has 1 aliphatic carbocycles. The number of anilines is 1. The van der Waals surface area contributed by atoms with Gasteiger partial charge < -0.3 is 5.73 Å². The number of H-pyrrole nitrogens is 1. The standard InChI is InChI=1S/C26H22N6O3/c1-15-10-21-25(22(33)11-15)24(17-8-5-9-18(12-17)32(34)35)19(14-27)26(28)31(21)23-13-20(29-30-23)16-6-3-2-4-7-16/h2-9,12-13,15,24H,10-11,28H2,1H3,(H,29,30). The number of aromatic amines is 1. The summed E-state index contributed by atoms with van der Waals surface area (Å²) >= 11 is 0. The minimum absolute atomic E-state index is 0.0680. The summed E-state index contributed by atoms with van der Waals surface area (Å²) in [6.07, 6.45) is 0.881. The van der Waals surface area contributed by atoms with Gasteiger partial charge in [0.1, 0.15) is 5.82 Å². The zero-order valence-corrected chi connectivity index (χ0v) is 18.9. The van der Waals surface area contributed by atoms with E-state index in [9.17, 15) is 20.2 Å². The SMILES string of the molecule is CC1CC(=O)C2=C(C1)N(c1cc(-c3ccccc3)[nH]n1)C(N)=C(C#N)C2c1cccc([N+](=O)[O-])c1. The first-order chi connectivity index (χ1) is 16.9. The summed E-state index contributed by atoms with van der Waals surface area (Å²) < 4.78 is 0. The van der Waals surface area contributed by atoms with Crippen LogP contribution < -0.4 is 10.6 Å². The van der Waals surface area contributed by atoms with E-state index in [4.69, 9.17) is 5.73 Å². The second-order valence-electron chi connectivity index (χ2n) is 8.83. The number of nitrogens with zero attached hydrogens (tertiary/aromatic N) is 4. The van der Waals surface area contributed by atoms with Crippen molar-refractivity contribution >= 4 is 17.3 Å². The van der Waals surface area contributed by atoms with E-state index in [-0.39, 0.29) is 28.8 Å². The van der Waals surface area contributed by atoms with Gasteiger partial charge in [0.2, 0.25) is 0 Å². The Balaban J connectivity index is 1.69. The van der Waals surface area contributed by atoms with Gasteiger partial charge in [-0.3, -0.25) is 24.9 Å². The normalized spacial score (nSPS) is 20.0. The molecule has 0 spiro atoms. The second-order valence-corrected chi connectivity index (χ2v) is 8.83. The van der Waals surface area contributed by atoms with Gasteiger partial charge in [0.05, 0.1) is 28.2 Å². The molecule has 9 nitrogen and oxygen atoms in total. The maximum absolute atomic E-state index is 13.4. The van der Waals surface area contributed by atoms with Crippen molar-refractivity contribution in [3.05, 3.63) is 99.0 Å². The van der Waals surface area contributed by atoms with Crippen molar-refractivity contribution in [2.24, 2.45) is 11.7 Å². The summed E-state index contributed by atoms with van der Waals surface area (Å²) in [5.41, 5.74) is 9.94. The van der Waals surface area contributed by atoms with Crippen molar-refractivity contribution in [3.63, 3.8) is 0 Å². The monoisotopic (exact) mass is 466 g/mol. The van der Waals surface area contributed by atoms with E-state index in [2.05, 4.69) is 16.3 Å². The number of hydrogen-bond donors (Lipinski definition) is 2. The molecule has 2 unspecified atom stereocenters. The molecule has 3 aromatic rings. The maximum Gasteiger partial charge on any atom is 0.269 e. The molecule has 174 valence electrons. The summed E-state index contributed by atoms with van der Waals surface area (Å²) in [5.74, 6) is -0.173. The zero-order valence-electron chi connectivity index (χ0n) is 18.9. The molecule has 2 aromatic carbocycles. The summed E-state index contributed by atoms with van der Waals surface area (Å²) in [6.45, 7) is 1.99. The molecule has 2 heterocycles. The van der Waals surface area contributed by atoms with Crippen LogP contribution in [0.1, 0.15) is 31.2 Å². The zero-order chi connectivity index (χ0) is 24.7. The van der Waals surface area contributed by atoms with Crippen molar-refractivity contribution in [1.29, 1.82) is 5.26 Å². The van der Waals surface area contributed by atoms with E-state index in [1.54, 1.807) is 17.0 Å². The number of nitriles is 1. The van der Waals surface area contributed by atoms with Crippen LogP contribution in [0.15, 0.2) is 83.3 Å². The fourth-order valence-electron chi connectivity index (χ4n) is 4.92. The van der Waals surface area contributed by atoms with Crippen molar-refractivity contribution in [2.45, 2.75) is 25.7 Å². The molecule has 2 atom stereocenters. The topological polar surface area (TPSA) is 142 Å². The molecule has 3 N–H and O–H groups in total. The van der Waals surface area contributed by atoms with E-state index >= 15 is 0 Å². The van der Waals surface area contributed by atoms with Gasteiger partial charge in [-0.2, -0.15) is 10.4 Å². The lowest BCUT2D eigenvalue weighted by Crippen LogP contribution is -2.40. The average molecular weight is 467 g/mol. The van der Waals surface area contributed by atoms with Crippen molar-refractivity contribution < 1.29 is 9.72 Å². The van der Waals surface area contributed by atoms with E-state index in [0.29, 0.717) is 35.5 Å². The van der Waals surface area contributed by atoms with Crippen molar-refractivity contribution in [1.82, 2.24) is 10.2 Å². The first kappa shape index (κ1) is 22.1. The highest BCUT2D eigenvalue weighted by Gasteiger charge is 2.42. The smallest absolute Gasteiger partial charge is 0.269 e. The third-order valence-electron chi connectivity index (χ3n) is 6.46. The predicted molar refractivity (Wildman–Crippen MR) is 130 cm³/mol. The maximum atomic E-state index is 13.4. The molecule has 0 saturated carbocycles. The van der Waals surface area contributed by atoms with E-state index in [1.807, 2.05) is 43.3 Å². The molecular formula is C26H22N6O3. The highest BCUT2D eigenvalue weighted by molar-refractivity contribution is 6.01. The second kappa shape index (κ2) is 8.57. The first-order valence-corrected chi connectivity index (χ1v) is 11.2. The number of non-ortho nitro benzene ring substituents is 1. The van der Waals surface area contributed by atoms with Crippen molar-refractivity contribution in [3.8, 4) is 17.3 Å². The van der Waals surface area contributed by atoms with Gasteiger partial charge in [-0.15, -0.1) is 0 Å². The molecule has 2 aliphatic rings. The number of nitrogens with two attached hydrogens (primary N) is 1. The summed E-state index contributed by atoms with van der Waals surface area (Å²) in [4.78, 5) is 26.0. The lowest BCUT2D eigenvalue weighted by atomic mass is 9.73. The van der Waals surface area contributed by atoms with Crippen LogP contribution in [0.25, 0.3) is 11.3 Å². The third-order valence-corrected chi connectivity index (χ3v) is 6.46. The summed E-state index contributed by atoms with van der Waals surface area (Å²) in [7, 11) is 0. The van der Waals surface area contributed by atoms with Gasteiger partial charge in [-0.1, -0.05) is 49.4 Å². The third kappa shape index (κ3) is 3.75. The number of ketones is 1. The van der Waals surface area contributed by atoms with Gasteiger partial charge in [-0.05, 0) is 23.5 Å². The Bertz CT molecular complexity index is 1450. The molecule has 0 saturated heterocycles. The molecule has 9 heteroatoms. The predicted octanol–water partition coefficient (Wildman–Crippen LogP) is 4.54. The number of carbonyl (C=O) groups excluding carboxylic acids is 1. The molecular weight excluding hydrogens is 444 g/mol. The summed E-state index contributed by atoms with van der Waals surface area (Å²) in [6, 6.07) is 19.7. The number of benzene rings is 2. The molecule has 1 aromatic heterocycles. The molecule has 35 heavy (non-hydrogen) atoms. The molecule has 0 bridgehead atoms. The highest BCUT2D eigenvalue weighted by Crippen LogP contribution is 2.47.